The lowest BCUT2D eigenvalue weighted by Gasteiger charge is -2.08. The summed E-state index contributed by atoms with van der Waals surface area (Å²) < 4.78 is 5.09. The number of benzene rings is 1. The largest absolute Gasteiger partial charge is 0.381 e. The van der Waals surface area contributed by atoms with Crippen LogP contribution in [0.4, 0.5) is 0 Å². The molecule has 0 aliphatic rings. The number of methoxy groups -OCH3 is 1. The van der Waals surface area contributed by atoms with Gasteiger partial charge < -0.3 is 4.74 Å². The first-order valence-electron chi connectivity index (χ1n) is 6.08. The van der Waals surface area contributed by atoms with Gasteiger partial charge in [0, 0.05) is 31.0 Å². The summed E-state index contributed by atoms with van der Waals surface area (Å²) >= 11 is 0. The number of para-hydroxylation sites is 1. The predicted molar refractivity (Wildman–Crippen MR) is 71.5 cm³/mol. The lowest BCUT2D eigenvalue weighted by Crippen LogP contribution is -2.14. The quantitative estimate of drug-likeness (QED) is 0.810. The second-order valence-corrected chi connectivity index (χ2v) is 4.46. The van der Waals surface area contributed by atoms with Crippen LogP contribution >= 0.6 is 0 Å². The molecule has 0 fully saturated rings. The van der Waals surface area contributed by atoms with Crippen molar-refractivity contribution in [2.45, 2.75) is 25.9 Å². The Morgan fingerprint density at radius 2 is 2.06 bits per heavy atom. The molecule has 3 nitrogen and oxygen atoms in total. The number of nitrogens with zero attached hydrogens (tertiary/aromatic N) is 1. The number of hydrogen-bond donors (Lipinski definition) is 0. The molecule has 0 saturated carbocycles. The number of aromatic nitrogens is 1. The second kappa shape index (κ2) is 5.74. The van der Waals surface area contributed by atoms with Gasteiger partial charge in [0.25, 0.3) is 0 Å². The van der Waals surface area contributed by atoms with Crippen molar-refractivity contribution >= 4 is 16.7 Å². The zero-order chi connectivity index (χ0) is 13.0. The highest BCUT2D eigenvalue weighted by Gasteiger charge is 2.10. The zero-order valence-electron chi connectivity index (χ0n) is 10.7. The zero-order valence-corrected chi connectivity index (χ0v) is 10.7. The fourth-order valence-electron chi connectivity index (χ4n) is 1.88. The van der Waals surface area contributed by atoms with E-state index < -0.39 is 0 Å². The van der Waals surface area contributed by atoms with E-state index in [9.17, 15) is 4.79 Å². The minimum atomic E-state index is -0.0297. The highest BCUT2D eigenvalue weighted by Crippen LogP contribution is 2.12. The van der Waals surface area contributed by atoms with E-state index in [1.54, 1.807) is 7.11 Å². The molecule has 94 valence electrons. The molecule has 18 heavy (non-hydrogen) atoms. The first kappa shape index (κ1) is 12.7. The summed E-state index contributed by atoms with van der Waals surface area (Å²) in [6, 6.07) is 11.8. The van der Waals surface area contributed by atoms with E-state index in [4.69, 9.17) is 4.74 Å². The Labute approximate surface area is 107 Å². The molecule has 0 amide bonds. The van der Waals surface area contributed by atoms with Crippen molar-refractivity contribution in [2.75, 3.05) is 7.11 Å². The molecule has 0 aliphatic carbocycles. The van der Waals surface area contributed by atoms with Gasteiger partial charge in [-0.15, -0.1) is 0 Å². The Hall–Kier alpha value is -1.74. The van der Waals surface area contributed by atoms with Crippen molar-refractivity contribution in [1.29, 1.82) is 0 Å². The summed E-state index contributed by atoms with van der Waals surface area (Å²) in [6.07, 6.45) is 0.779. The fourth-order valence-corrected chi connectivity index (χ4v) is 1.88. The summed E-state index contributed by atoms with van der Waals surface area (Å²) in [6.45, 7) is 1.89. The van der Waals surface area contributed by atoms with Crippen LogP contribution in [0.3, 0.4) is 0 Å². The Balaban J connectivity index is 2.10. The van der Waals surface area contributed by atoms with Crippen LogP contribution in [0.5, 0.6) is 0 Å². The second-order valence-electron chi connectivity index (χ2n) is 4.46. The topological polar surface area (TPSA) is 39.2 Å². The third-order valence-electron chi connectivity index (χ3n) is 2.95. The molecule has 2 rings (SSSR count). The summed E-state index contributed by atoms with van der Waals surface area (Å²) in [5, 5.41) is 1.10. The number of fused-ring (bicyclic) bond motifs is 1. The van der Waals surface area contributed by atoms with Gasteiger partial charge in [-0.05, 0) is 19.1 Å². The molecule has 0 N–H and O–H groups in total. The standard InChI is InChI=1S/C15H17NO2/c1-11(18-2)9-14(17)10-13-8-7-12-5-3-4-6-15(12)16-13/h3-8,11H,9-10H2,1-2H3. The van der Waals surface area contributed by atoms with Gasteiger partial charge in [0.15, 0.2) is 0 Å². The van der Waals surface area contributed by atoms with Crippen LogP contribution < -0.4 is 0 Å². The molecular weight excluding hydrogens is 226 g/mol. The SMILES string of the molecule is COC(C)CC(=O)Cc1ccc2ccccc2n1. The van der Waals surface area contributed by atoms with Gasteiger partial charge in [-0.2, -0.15) is 0 Å². The maximum Gasteiger partial charge on any atom is 0.141 e. The highest BCUT2D eigenvalue weighted by molar-refractivity contribution is 5.83. The molecule has 0 radical (unpaired) electrons. The number of carbonyl (C=O) groups excluding carboxylic acids is 1. The van der Waals surface area contributed by atoms with Gasteiger partial charge in [-0.3, -0.25) is 9.78 Å². The number of Topliss-reactive ketones (excluding diaryl/α,β-unsaturated/α-hetero) is 1. The van der Waals surface area contributed by atoms with Crippen molar-refractivity contribution in [3.8, 4) is 0 Å². The maximum atomic E-state index is 11.8. The van der Waals surface area contributed by atoms with Crippen molar-refractivity contribution in [3.05, 3.63) is 42.1 Å². The third-order valence-corrected chi connectivity index (χ3v) is 2.95. The molecule has 0 saturated heterocycles. The Morgan fingerprint density at radius 3 is 2.83 bits per heavy atom. The Kier molecular flexibility index (Phi) is 4.05. The van der Waals surface area contributed by atoms with Gasteiger partial charge in [0.1, 0.15) is 5.78 Å². The highest BCUT2D eigenvalue weighted by atomic mass is 16.5. The normalized spacial score (nSPS) is 12.6. The molecule has 0 spiro atoms. The number of pyridine rings is 1. The molecule has 0 aliphatic heterocycles. The van der Waals surface area contributed by atoms with E-state index >= 15 is 0 Å². The monoisotopic (exact) mass is 243 g/mol. The third kappa shape index (κ3) is 3.14. The molecule has 1 aromatic heterocycles. The summed E-state index contributed by atoms with van der Waals surface area (Å²) in [7, 11) is 1.62. The summed E-state index contributed by atoms with van der Waals surface area (Å²) in [4.78, 5) is 16.3. The lowest BCUT2D eigenvalue weighted by molar-refractivity contribution is -0.120. The average Bonchev–Trinajstić information content (AvgIpc) is 2.38. The van der Waals surface area contributed by atoms with Gasteiger partial charge >= 0.3 is 0 Å². The van der Waals surface area contributed by atoms with Crippen LogP contribution in [0.2, 0.25) is 0 Å². The van der Waals surface area contributed by atoms with Crippen molar-refractivity contribution in [2.24, 2.45) is 0 Å². The number of ether oxygens (including phenoxy) is 1. The average molecular weight is 243 g/mol. The van der Waals surface area contributed by atoms with E-state index in [0.717, 1.165) is 16.6 Å². The van der Waals surface area contributed by atoms with E-state index in [1.807, 2.05) is 43.3 Å². The van der Waals surface area contributed by atoms with Crippen molar-refractivity contribution < 1.29 is 9.53 Å². The number of rotatable bonds is 5. The van der Waals surface area contributed by atoms with Crippen LogP contribution in [0.1, 0.15) is 19.0 Å². The number of carbonyl (C=O) groups is 1. The molecule has 1 heterocycles. The minimum Gasteiger partial charge on any atom is -0.381 e. The number of hydrogen-bond acceptors (Lipinski definition) is 3. The summed E-state index contributed by atoms with van der Waals surface area (Å²) in [5.41, 5.74) is 1.75. The molecule has 1 unspecified atom stereocenters. The van der Waals surface area contributed by atoms with Crippen LogP contribution in [-0.4, -0.2) is 24.0 Å². The Bertz CT molecular complexity index is 551. The van der Waals surface area contributed by atoms with Crippen LogP contribution in [0, 0.1) is 0 Å². The molecule has 1 atom stereocenters. The smallest absolute Gasteiger partial charge is 0.141 e. The summed E-state index contributed by atoms with van der Waals surface area (Å²) in [5.74, 6) is 0.159. The minimum absolute atomic E-state index is 0.0297. The van der Waals surface area contributed by atoms with Gasteiger partial charge in [-0.1, -0.05) is 24.3 Å². The first-order valence-corrected chi connectivity index (χ1v) is 6.08. The molecule has 1 aromatic carbocycles. The van der Waals surface area contributed by atoms with E-state index in [0.29, 0.717) is 12.8 Å². The van der Waals surface area contributed by atoms with Crippen molar-refractivity contribution in [1.82, 2.24) is 4.98 Å². The first-order chi connectivity index (χ1) is 8.69. The van der Waals surface area contributed by atoms with E-state index in [2.05, 4.69) is 4.98 Å². The number of ketones is 1. The molecular formula is C15H17NO2. The van der Waals surface area contributed by atoms with Gasteiger partial charge in [0.05, 0.1) is 11.6 Å². The van der Waals surface area contributed by atoms with Crippen LogP contribution in [0.15, 0.2) is 36.4 Å². The molecule has 3 heteroatoms. The van der Waals surface area contributed by atoms with Crippen molar-refractivity contribution in [3.63, 3.8) is 0 Å². The van der Waals surface area contributed by atoms with E-state index in [1.165, 1.54) is 0 Å². The fraction of sp³-hybridized carbons (Fsp3) is 0.333. The Morgan fingerprint density at radius 1 is 1.28 bits per heavy atom. The van der Waals surface area contributed by atoms with Gasteiger partial charge in [0.2, 0.25) is 0 Å². The maximum absolute atomic E-state index is 11.8. The van der Waals surface area contributed by atoms with Gasteiger partial charge in [-0.25, -0.2) is 0 Å². The van der Waals surface area contributed by atoms with E-state index in [-0.39, 0.29) is 11.9 Å². The lowest BCUT2D eigenvalue weighted by atomic mass is 10.1. The molecule has 2 aromatic rings. The van der Waals surface area contributed by atoms with Crippen LogP contribution in [-0.2, 0) is 16.0 Å². The molecule has 0 bridgehead atoms. The predicted octanol–water partition coefficient (Wildman–Crippen LogP) is 2.77. The van der Waals surface area contributed by atoms with Crippen LogP contribution in [0.25, 0.3) is 10.9 Å².